The molecule has 1 heterocycles. The minimum Gasteiger partial charge on any atom is -0.493 e. The van der Waals surface area contributed by atoms with Crippen LogP contribution in [0.4, 0.5) is 0 Å². The first-order valence-electron chi connectivity index (χ1n) is 7.97. The molecule has 3 rings (SSSR count). The van der Waals surface area contributed by atoms with Crippen molar-refractivity contribution in [2.24, 2.45) is 0 Å². The van der Waals surface area contributed by atoms with Gasteiger partial charge in [0.25, 0.3) is 0 Å². The molecule has 0 amide bonds. The molecule has 0 bridgehead atoms. The third-order valence-electron chi connectivity index (χ3n) is 4.23. The van der Waals surface area contributed by atoms with Gasteiger partial charge >= 0.3 is 0 Å². The lowest BCUT2D eigenvalue weighted by Crippen LogP contribution is -2.23. The van der Waals surface area contributed by atoms with Crippen molar-refractivity contribution in [2.75, 3.05) is 20.8 Å². The first-order chi connectivity index (χ1) is 11.9. The first-order valence-corrected chi connectivity index (χ1v) is 9.52. The van der Waals surface area contributed by atoms with E-state index in [4.69, 9.17) is 9.47 Å². The Morgan fingerprint density at radius 2 is 1.68 bits per heavy atom. The zero-order valence-corrected chi connectivity index (χ0v) is 15.3. The molecule has 132 valence electrons. The zero-order valence-electron chi connectivity index (χ0n) is 14.5. The smallest absolute Gasteiger partial charge is 0.201 e. The van der Waals surface area contributed by atoms with Gasteiger partial charge in [0.15, 0.2) is 11.5 Å². The van der Waals surface area contributed by atoms with Gasteiger partial charge in [-0.15, -0.1) is 0 Å². The van der Waals surface area contributed by atoms with Crippen molar-refractivity contribution in [1.29, 1.82) is 0 Å². The van der Waals surface area contributed by atoms with E-state index >= 15 is 0 Å². The number of nitrogens with one attached hydrogen (secondary N) is 1. The maximum atomic E-state index is 12.7. The van der Waals surface area contributed by atoms with Gasteiger partial charge in [0.2, 0.25) is 9.84 Å². The Morgan fingerprint density at radius 1 is 1.04 bits per heavy atom. The predicted molar refractivity (Wildman–Crippen MR) is 97.6 cm³/mol. The van der Waals surface area contributed by atoms with Crippen LogP contribution < -0.4 is 14.8 Å². The van der Waals surface area contributed by atoms with Crippen LogP contribution in [0.2, 0.25) is 0 Å². The Hall–Kier alpha value is -2.47. The summed E-state index contributed by atoms with van der Waals surface area (Å²) in [6.07, 6.45) is 0.789. The zero-order chi connectivity index (χ0) is 18.0. The third kappa shape index (κ3) is 3.49. The molecule has 1 aliphatic heterocycles. The Kier molecular flexibility index (Phi) is 4.72. The highest BCUT2D eigenvalue weighted by atomic mass is 32.2. The van der Waals surface area contributed by atoms with Crippen LogP contribution >= 0.6 is 0 Å². The second-order valence-electron chi connectivity index (χ2n) is 5.93. The summed E-state index contributed by atoms with van der Waals surface area (Å²) in [4.78, 5) is 0.278. The monoisotopic (exact) mass is 359 g/mol. The number of sulfone groups is 1. The molecule has 0 spiro atoms. The van der Waals surface area contributed by atoms with Gasteiger partial charge in [-0.25, -0.2) is 8.42 Å². The third-order valence-corrected chi connectivity index (χ3v) is 5.71. The molecule has 1 N–H and O–H groups in total. The molecule has 0 saturated carbocycles. The summed E-state index contributed by atoms with van der Waals surface area (Å²) >= 11 is 0. The fourth-order valence-corrected chi connectivity index (χ4v) is 4.03. The lowest BCUT2D eigenvalue weighted by molar-refractivity contribution is 0.354. The first kappa shape index (κ1) is 17.4. The molecule has 0 aliphatic carbocycles. The maximum Gasteiger partial charge on any atom is 0.201 e. The maximum absolute atomic E-state index is 12.7. The molecule has 6 heteroatoms. The highest BCUT2D eigenvalue weighted by Crippen LogP contribution is 2.35. The minimum absolute atomic E-state index is 0.278. The second-order valence-corrected chi connectivity index (χ2v) is 7.73. The number of hydrogen-bond donors (Lipinski definition) is 1. The van der Waals surface area contributed by atoms with Crippen LogP contribution in [-0.4, -0.2) is 29.2 Å². The molecule has 0 atom stereocenters. The van der Waals surface area contributed by atoms with E-state index in [1.54, 1.807) is 38.5 Å². The topological polar surface area (TPSA) is 64.6 Å². The fourth-order valence-electron chi connectivity index (χ4n) is 2.86. The standard InChI is InChI=1S/C19H21NO4S/c1-13-4-6-15(7-5-13)25(21,22)12-17-16-11-19(24-3)18(23-2)10-14(16)8-9-20-17/h4-7,10-12,20H,8-9H2,1-3H3/b17-12-. The molecule has 5 nitrogen and oxygen atoms in total. The number of benzene rings is 2. The fraction of sp³-hybridized carbons (Fsp3) is 0.263. The van der Waals surface area contributed by atoms with E-state index in [-0.39, 0.29) is 4.90 Å². The number of rotatable bonds is 4. The Balaban J connectivity index is 2.08. The van der Waals surface area contributed by atoms with Crippen LogP contribution in [0.5, 0.6) is 11.5 Å². The second kappa shape index (κ2) is 6.80. The van der Waals surface area contributed by atoms with Crippen LogP contribution in [-0.2, 0) is 16.3 Å². The molecule has 25 heavy (non-hydrogen) atoms. The van der Waals surface area contributed by atoms with E-state index in [1.165, 1.54) is 5.41 Å². The molecule has 0 radical (unpaired) electrons. The van der Waals surface area contributed by atoms with Gasteiger partial charge in [-0.1, -0.05) is 17.7 Å². The van der Waals surface area contributed by atoms with Crippen LogP contribution in [0.3, 0.4) is 0 Å². The van der Waals surface area contributed by atoms with Crippen molar-refractivity contribution in [1.82, 2.24) is 5.32 Å². The summed E-state index contributed by atoms with van der Waals surface area (Å²) in [5.41, 5.74) is 3.44. The number of ether oxygens (including phenoxy) is 2. The highest BCUT2D eigenvalue weighted by molar-refractivity contribution is 7.94. The molecule has 0 fully saturated rings. The summed E-state index contributed by atoms with van der Waals surface area (Å²) in [6, 6.07) is 10.6. The molecular weight excluding hydrogens is 338 g/mol. The van der Waals surface area contributed by atoms with Gasteiger partial charge in [-0.2, -0.15) is 0 Å². The minimum atomic E-state index is -3.55. The average molecular weight is 359 g/mol. The van der Waals surface area contributed by atoms with Crippen molar-refractivity contribution in [3.8, 4) is 11.5 Å². The van der Waals surface area contributed by atoms with E-state index in [0.29, 0.717) is 23.7 Å². The summed E-state index contributed by atoms with van der Waals surface area (Å²) in [5, 5.41) is 4.48. The quantitative estimate of drug-likeness (QED) is 0.909. The van der Waals surface area contributed by atoms with Crippen molar-refractivity contribution in [3.05, 3.63) is 58.5 Å². The Labute approximate surface area is 148 Å². The lowest BCUT2D eigenvalue weighted by Gasteiger charge is -2.23. The van der Waals surface area contributed by atoms with E-state index in [1.807, 2.05) is 19.1 Å². The predicted octanol–water partition coefficient (Wildman–Crippen LogP) is 2.93. The summed E-state index contributed by atoms with van der Waals surface area (Å²) in [6.45, 7) is 2.59. The molecule has 0 unspecified atom stereocenters. The molecule has 0 aromatic heterocycles. The SMILES string of the molecule is COc1cc2c(cc1OC)/C(=C/S(=O)(=O)c1ccc(C)cc1)NCC2. The van der Waals surface area contributed by atoms with E-state index in [0.717, 1.165) is 23.1 Å². The number of fused-ring (bicyclic) bond motifs is 1. The molecular formula is C19H21NO4S. The number of aryl methyl sites for hydroxylation is 1. The summed E-state index contributed by atoms with van der Waals surface area (Å²) < 4.78 is 36.1. The summed E-state index contributed by atoms with van der Waals surface area (Å²) in [5.74, 6) is 1.22. The summed E-state index contributed by atoms with van der Waals surface area (Å²) in [7, 11) is -0.402. The molecule has 2 aromatic rings. The average Bonchev–Trinajstić information content (AvgIpc) is 2.61. The van der Waals surface area contributed by atoms with Gasteiger partial charge < -0.3 is 14.8 Å². The van der Waals surface area contributed by atoms with Crippen molar-refractivity contribution >= 4 is 15.5 Å². The van der Waals surface area contributed by atoms with Crippen LogP contribution in [0.15, 0.2) is 46.7 Å². The van der Waals surface area contributed by atoms with Gasteiger partial charge in [0.05, 0.1) is 30.2 Å². The van der Waals surface area contributed by atoms with Crippen LogP contribution in [0.1, 0.15) is 16.7 Å². The van der Waals surface area contributed by atoms with Crippen LogP contribution in [0.25, 0.3) is 5.70 Å². The van der Waals surface area contributed by atoms with Crippen molar-refractivity contribution in [3.63, 3.8) is 0 Å². The van der Waals surface area contributed by atoms with Gasteiger partial charge in [-0.05, 0) is 43.2 Å². The van der Waals surface area contributed by atoms with Gasteiger partial charge in [0, 0.05) is 12.1 Å². The molecule has 2 aromatic carbocycles. The van der Waals surface area contributed by atoms with Crippen molar-refractivity contribution in [2.45, 2.75) is 18.2 Å². The molecule has 0 saturated heterocycles. The van der Waals surface area contributed by atoms with E-state index in [9.17, 15) is 8.42 Å². The van der Waals surface area contributed by atoms with E-state index < -0.39 is 9.84 Å². The van der Waals surface area contributed by atoms with Gasteiger partial charge in [-0.3, -0.25) is 0 Å². The number of hydrogen-bond acceptors (Lipinski definition) is 5. The van der Waals surface area contributed by atoms with Crippen LogP contribution in [0, 0.1) is 6.92 Å². The Bertz CT molecular complexity index is 915. The number of methoxy groups -OCH3 is 2. The largest absolute Gasteiger partial charge is 0.493 e. The molecule has 1 aliphatic rings. The normalized spacial score (nSPS) is 15.4. The highest BCUT2D eigenvalue weighted by Gasteiger charge is 2.21. The van der Waals surface area contributed by atoms with Gasteiger partial charge in [0.1, 0.15) is 0 Å². The van der Waals surface area contributed by atoms with E-state index in [2.05, 4.69) is 5.32 Å². The van der Waals surface area contributed by atoms with Crippen molar-refractivity contribution < 1.29 is 17.9 Å². The lowest BCUT2D eigenvalue weighted by atomic mass is 9.98. The Morgan fingerprint density at radius 3 is 2.32 bits per heavy atom.